The van der Waals surface area contributed by atoms with Gasteiger partial charge in [0.15, 0.2) is 11.5 Å². The van der Waals surface area contributed by atoms with E-state index >= 15 is 0 Å². The van der Waals surface area contributed by atoms with E-state index in [-0.39, 0.29) is 0 Å². The predicted octanol–water partition coefficient (Wildman–Crippen LogP) is 2.85. The molecule has 0 amide bonds. The zero-order chi connectivity index (χ0) is 18.5. The van der Waals surface area contributed by atoms with E-state index in [0.717, 1.165) is 36.1 Å². The van der Waals surface area contributed by atoms with Gasteiger partial charge in [-0.05, 0) is 31.2 Å². The summed E-state index contributed by atoms with van der Waals surface area (Å²) in [5.41, 5.74) is 0.852. The third kappa shape index (κ3) is 4.35. The number of likely N-dealkylation sites (tertiary alicyclic amines) is 1. The van der Waals surface area contributed by atoms with E-state index < -0.39 is 0 Å². The Labute approximate surface area is 154 Å². The molecule has 7 heteroatoms. The molecule has 0 bridgehead atoms. The van der Waals surface area contributed by atoms with Gasteiger partial charge in [-0.2, -0.15) is 4.98 Å². The smallest absolute Gasteiger partial charge is 0.229 e. The molecule has 0 unspecified atom stereocenters. The standard InChI is InChI=1S/C19H27N5O2/c1-13-10-24(3)11-14(13)12-26-17-9-15(5-6-16(17)25-4)22-19-21-8-7-18(20-2)23-19/h5-9,13-14H,10-12H2,1-4H3,(H2,20,21,22,23)/t13-,14-/m0/s1. The lowest BCUT2D eigenvalue weighted by atomic mass is 9.99. The molecule has 26 heavy (non-hydrogen) atoms. The number of rotatable bonds is 7. The zero-order valence-electron chi connectivity index (χ0n) is 15.8. The topological polar surface area (TPSA) is 71.5 Å². The second-order valence-electron chi connectivity index (χ2n) is 6.78. The summed E-state index contributed by atoms with van der Waals surface area (Å²) in [5, 5.41) is 6.21. The lowest BCUT2D eigenvalue weighted by molar-refractivity contribution is 0.220. The number of benzene rings is 1. The molecule has 7 nitrogen and oxygen atoms in total. The average Bonchev–Trinajstić information content (AvgIpc) is 2.97. The second kappa shape index (κ2) is 8.23. The highest BCUT2D eigenvalue weighted by Gasteiger charge is 2.28. The quantitative estimate of drug-likeness (QED) is 0.789. The summed E-state index contributed by atoms with van der Waals surface area (Å²) in [6, 6.07) is 7.56. The first-order valence-electron chi connectivity index (χ1n) is 8.86. The third-order valence-electron chi connectivity index (χ3n) is 4.73. The van der Waals surface area contributed by atoms with Gasteiger partial charge in [0.05, 0.1) is 13.7 Å². The van der Waals surface area contributed by atoms with Crippen LogP contribution in [0.5, 0.6) is 11.5 Å². The molecule has 0 radical (unpaired) electrons. The van der Waals surface area contributed by atoms with Crippen molar-refractivity contribution in [1.82, 2.24) is 14.9 Å². The van der Waals surface area contributed by atoms with Crippen LogP contribution in [0.1, 0.15) is 6.92 Å². The van der Waals surface area contributed by atoms with Crippen molar-refractivity contribution < 1.29 is 9.47 Å². The van der Waals surface area contributed by atoms with Crippen LogP contribution in [0, 0.1) is 11.8 Å². The highest BCUT2D eigenvalue weighted by Crippen LogP contribution is 2.32. The van der Waals surface area contributed by atoms with Crippen LogP contribution in [-0.2, 0) is 0 Å². The van der Waals surface area contributed by atoms with Gasteiger partial charge in [0, 0.05) is 44.0 Å². The number of aromatic nitrogens is 2. The molecule has 1 saturated heterocycles. The van der Waals surface area contributed by atoms with Crippen LogP contribution in [0.3, 0.4) is 0 Å². The highest BCUT2D eigenvalue weighted by molar-refractivity contribution is 5.60. The first kappa shape index (κ1) is 18.3. The first-order chi connectivity index (χ1) is 12.6. The van der Waals surface area contributed by atoms with Crippen molar-refractivity contribution in [2.45, 2.75) is 6.92 Å². The van der Waals surface area contributed by atoms with Crippen molar-refractivity contribution >= 4 is 17.5 Å². The van der Waals surface area contributed by atoms with Crippen molar-refractivity contribution in [1.29, 1.82) is 0 Å². The SMILES string of the molecule is CNc1ccnc(Nc2ccc(OC)c(OC[C@@H]3CN(C)C[C@@H]3C)c2)n1. The maximum atomic E-state index is 6.11. The van der Waals surface area contributed by atoms with E-state index in [1.165, 1.54) is 0 Å². The van der Waals surface area contributed by atoms with Gasteiger partial charge < -0.3 is 25.0 Å². The van der Waals surface area contributed by atoms with Gasteiger partial charge in [-0.25, -0.2) is 4.98 Å². The van der Waals surface area contributed by atoms with Gasteiger partial charge in [-0.15, -0.1) is 0 Å². The number of anilines is 3. The summed E-state index contributed by atoms with van der Waals surface area (Å²) in [6.45, 7) is 5.13. The number of ether oxygens (including phenoxy) is 2. The molecule has 3 rings (SSSR count). The molecule has 0 saturated carbocycles. The molecule has 2 atom stereocenters. The van der Waals surface area contributed by atoms with Crippen LogP contribution in [0.2, 0.25) is 0 Å². The van der Waals surface area contributed by atoms with Crippen LogP contribution >= 0.6 is 0 Å². The summed E-state index contributed by atoms with van der Waals surface area (Å²) in [5.74, 6) is 3.89. The number of hydrogen-bond acceptors (Lipinski definition) is 7. The molecular weight excluding hydrogens is 330 g/mol. The summed E-state index contributed by atoms with van der Waals surface area (Å²) >= 11 is 0. The van der Waals surface area contributed by atoms with Gasteiger partial charge >= 0.3 is 0 Å². The summed E-state index contributed by atoms with van der Waals surface area (Å²) in [7, 11) is 5.63. The van der Waals surface area contributed by atoms with Crippen LogP contribution in [0.15, 0.2) is 30.5 Å². The molecule has 1 fully saturated rings. The number of methoxy groups -OCH3 is 1. The maximum Gasteiger partial charge on any atom is 0.229 e. The Morgan fingerprint density at radius 3 is 2.77 bits per heavy atom. The summed E-state index contributed by atoms with van der Waals surface area (Å²) < 4.78 is 11.6. The largest absolute Gasteiger partial charge is 0.493 e. The van der Waals surface area contributed by atoms with Gasteiger partial charge in [0.1, 0.15) is 5.82 Å². The van der Waals surface area contributed by atoms with Crippen LogP contribution < -0.4 is 20.1 Å². The van der Waals surface area contributed by atoms with E-state index in [9.17, 15) is 0 Å². The number of nitrogens with zero attached hydrogens (tertiary/aromatic N) is 3. The summed E-state index contributed by atoms with van der Waals surface area (Å²) in [6.07, 6.45) is 1.71. The Bertz CT molecular complexity index is 740. The van der Waals surface area contributed by atoms with Gasteiger partial charge in [0.2, 0.25) is 5.95 Å². The Morgan fingerprint density at radius 2 is 2.08 bits per heavy atom. The molecule has 1 aliphatic heterocycles. The van der Waals surface area contributed by atoms with Crippen molar-refractivity contribution in [2.24, 2.45) is 11.8 Å². The molecule has 2 N–H and O–H groups in total. The van der Waals surface area contributed by atoms with Crippen LogP contribution in [0.25, 0.3) is 0 Å². The molecule has 140 valence electrons. The monoisotopic (exact) mass is 357 g/mol. The Morgan fingerprint density at radius 1 is 1.23 bits per heavy atom. The molecule has 0 spiro atoms. The molecule has 2 heterocycles. The van der Waals surface area contributed by atoms with Crippen molar-refractivity contribution in [3.8, 4) is 11.5 Å². The number of hydrogen-bond donors (Lipinski definition) is 2. The van der Waals surface area contributed by atoms with Gasteiger partial charge in [0.25, 0.3) is 0 Å². The normalized spacial score (nSPS) is 20.0. The lowest BCUT2D eigenvalue weighted by Gasteiger charge is -2.18. The van der Waals surface area contributed by atoms with Crippen molar-refractivity contribution in [2.75, 3.05) is 51.5 Å². The molecule has 1 aliphatic rings. The van der Waals surface area contributed by atoms with Gasteiger partial charge in [-0.3, -0.25) is 0 Å². The molecule has 1 aromatic carbocycles. The fourth-order valence-corrected chi connectivity index (χ4v) is 3.26. The van der Waals surface area contributed by atoms with Gasteiger partial charge in [-0.1, -0.05) is 6.92 Å². The predicted molar refractivity (Wildman–Crippen MR) is 104 cm³/mol. The van der Waals surface area contributed by atoms with Crippen LogP contribution in [-0.4, -0.2) is 55.8 Å². The molecular formula is C19H27N5O2. The molecule has 1 aromatic heterocycles. The van der Waals surface area contributed by atoms with Crippen LogP contribution in [0.4, 0.5) is 17.5 Å². The first-order valence-corrected chi connectivity index (χ1v) is 8.86. The van der Waals surface area contributed by atoms with E-state index in [1.54, 1.807) is 13.3 Å². The lowest BCUT2D eigenvalue weighted by Crippen LogP contribution is -2.19. The number of nitrogens with one attached hydrogen (secondary N) is 2. The van der Waals surface area contributed by atoms with E-state index in [1.807, 2.05) is 31.3 Å². The highest BCUT2D eigenvalue weighted by atomic mass is 16.5. The Kier molecular flexibility index (Phi) is 5.78. The minimum absolute atomic E-state index is 0.525. The third-order valence-corrected chi connectivity index (χ3v) is 4.73. The molecule has 0 aliphatic carbocycles. The fraction of sp³-hybridized carbons (Fsp3) is 0.474. The second-order valence-corrected chi connectivity index (χ2v) is 6.78. The summed E-state index contributed by atoms with van der Waals surface area (Å²) in [4.78, 5) is 11.0. The van der Waals surface area contributed by atoms with E-state index in [0.29, 0.717) is 24.4 Å². The van der Waals surface area contributed by atoms with E-state index in [2.05, 4.69) is 39.5 Å². The maximum absolute atomic E-state index is 6.11. The fourth-order valence-electron chi connectivity index (χ4n) is 3.26. The van der Waals surface area contributed by atoms with Crippen molar-refractivity contribution in [3.63, 3.8) is 0 Å². The minimum Gasteiger partial charge on any atom is -0.493 e. The Hall–Kier alpha value is -2.54. The van der Waals surface area contributed by atoms with Crippen molar-refractivity contribution in [3.05, 3.63) is 30.5 Å². The average molecular weight is 357 g/mol. The zero-order valence-corrected chi connectivity index (χ0v) is 15.8. The molecule has 2 aromatic rings. The van der Waals surface area contributed by atoms with E-state index in [4.69, 9.17) is 9.47 Å². The minimum atomic E-state index is 0.525. The Balaban J connectivity index is 1.71.